The van der Waals surface area contributed by atoms with Crippen molar-refractivity contribution < 1.29 is 0 Å². The van der Waals surface area contributed by atoms with Crippen LogP contribution in [0.5, 0.6) is 0 Å². The van der Waals surface area contributed by atoms with Crippen LogP contribution in [0.2, 0.25) is 0 Å². The van der Waals surface area contributed by atoms with Crippen LogP contribution in [0.1, 0.15) is 33.1 Å². The van der Waals surface area contributed by atoms with Crippen molar-refractivity contribution in [2.24, 2.45) is 17.8 Å². The molecule has 1 radical (unpaired) electrons. The number of likely N-dealkylation sites (tertiary alicyclic amines) is 1. The molecule has 0 N–H and O–H groups in total. The highest BCUT2D eigenvalue weighted by molar-refractivity contribution is 4.95. The molecule has 0 bridgehead atoms. The van der Waals surface area contributed by atoms with Crippen molar-refractivity contribution >= 4 is 0 Å². The van der Waals surface area contributed by atoms with Crippen molar-refractivity contribution in [2.75, 3.05) is 19.6 Å². The Morgan fingerprint density at radius 3 is 2.38 bits per heavy atom. The molecule has 0 amide bonds. The molecule has 0 unspecified atom stereocenters. The van der Waals surface area contributed by atoms with E-state index in [1.807, 2.05) is 0 Å². The van der Waals surface area contributed by atoms with Gasteiger partial charge in [-0.05, 0) is 50.0 Å². The molecule has 13 heavy (non-hydrogen) atoms. The Morgan fingerprint density at radius 1 is 1.23 bits per heavy atom. The quantitative estimate of drug-likeness (QED) is 0.645. The van der Waals surface area contributed by atoms with E-state index in [1.165, 1.54) is 38.9 Å². The predicted octanol–water partition coefficient (Wildman–Crippen LogP) is 2.58. The van der Waals surface area contributed by atoms with Gasteiger partial charge in [0.05, 0.1) is 0 Å². The lowest BCUT2D eigenvalue weighted by molar-refractivity contribution is 0.295. The van der Waals surface area contributed by atoms with Crippen LogP contribution in [-0.4, -0.2) is 24.5 Å². The van der Waals surface area contributed by atoms with Crippen molar-refractivity contribution in [1.29, 1.82) is 0 Å². The number of nitrogens with zero attached hydrogens (tertiary/aromatic N) is 1. The fraction of sp³-hybridized carbons (Fsp3) is 0.917. The SMILES string of the molecule is CC(C)CCN1C[C@H]2C[CH]C[C@H]2C1. The maximum Gasteiger partial charge on any atom is 0.00130 e. The molecule has 2 atom stereocenters. The van der Waals surface area contributed by atoms with Gasteiger partial charge in [0.25, 0.3) is 0 Å². The Bertz CT molecular complexity index is 153. The molecule has 2 fully saturated rings. The molecule has 1 aliphatic heterocycles. The lowest BCUT2D eigenvalue weighted by atomic mass is 10.0. The summed E-state index contributed by atoms with van der Waals surface area (Å²) >= 11 is 0. The third-order valence-corrected chi connectivity index (χ3v) is 3.61. The standard InChI is InChI=1S/C12H22N/c1-10(2)6-7-13-8-11-4-3-5-12(11)9-13/h3,10-12H,4-9H2,1-2H3/t11-,12+. The Kier molecular flexibility index (Phi) is 2.92. The third-order valence-electron chi connectivity index (χ3n) is 3.61. The van der Waals surface area contributed by atoms with E-state index in [0.717, 1.165) is 17.8 Å². The van der Waals surface area contributed by atoms with Crippen LogP contribution in [0.4, 0.5) is 0 Å². The minimum atomic E-state index is 0.868. The van der Waals surface area contributed by atoms with E-state index in [-0.39, 0.29) is 0 Å². The van der Waals surface area contributed by atoms with E-state index in [2.05, 4.69) is 25.2 Å². The first-order valence-corrected chi connectivity index (χ1v) is 5.79. The van der Waals surface area contributed by atoms with Gasteiger partial charge in [0, 0.05) is 13.1 Å². The molecule has 1 aliphatic carbocycles. The second kappa shape index (κ2) is 4.00. The smallest absolute Gasteiger partial charge is 0.00130 e. The van der Waals surface area contributed by atoms with Gasteiger partial charge in [-0.25, -0.2) is 0 Å². The summed E-state index contributed by atoms with van der Waals surface area (Å²) in [5.74, 6) is 2.91. The normalized spacial score (nSPS) is 34.4. The van der Waals surface area contributed by atoms with E-state index in [1.54, 1.807) is 0 Å². The summed E-state index contributed by atoms with van der Waals surface area (Å²) in [6, 6.07) is 0. The summed E-state index contributed by atoms with van der Waals surface area (Å²) in [6.07, 6.45) is 6.66. The van der Waals surface area contributed by atoms with Gasteiger partial charge in [0.1, 0.15) is 0 Å². The van der Waals surface area contributed by atoms with Crippen LogP contribution < -0.4 is 0 Å². The molecule has 1 saturated heterocycles. The van der Waals surface area contributed by atoms with Crippen molar-refractivity contribution in [1.82, 2.24) is 4.90 Å². The molecule has 0 spiro atoms. The van der Waals surface area contributed by atoms with Crippen molar-refractivity contribution in [3.8, 4) is 0 Å². The lowest BCUT2D eigenvalue weighted by Crippen LogP contribution is -2.23. The fourth-order valence-electron chi connectivity index (χ4n) is 2.72. The van der Waals surface area contributed by atoms with Crippen LogP contribution in [-0.2, 0) is 0 Å². The van der Waals surface area contributed by atoms with Crippen molar-refractivity contribution in [3.63, 3.8) is 0 Å². The van der Waals surface area contributed by atoms with Gasteiger partial charge in [-0.1, -0.05) is 13.8 Å². The number of fused-ring (bicyclic) bond motifs is 1. The largest absolute Gasteiger partial charge is 0.303 e. The molecular weight excluding hydrogens is 158 g/mol. The van der Waals surface area contributed by atoms with Gasteiger partial charge in [-0.3, -0.25) is 0 Å². The monoisotopic (exact) mass is 180 g/mol. The Labute approximate surface area is 82.5 Å². The van der Waals surface area contributed by atoms with Gasteiger partial charge < -0.3 is 4.90 Å². The summed E-state index contributed by atoms with van der Waals surface area (Å²) in [4.78, 5) is 2.68. The summed E-state index contributed by atoms with van der Waals surface area (Å²) in [6.45, 7) is 8.75. The van der Waals surface area contributed by atoms with Crippen LogP contribution in [0.15, 0.2) is 0 Å². The van der Waals surface area contributed by atoms with Gasteiger partial charge in [0.2, 0.25) is 0 Å². The van der Waals surface area contributed by atoms with Crippen LogP contribution >= 0.6 is 0 Å². The van der Waals surface area contributed by atoms with E-state index in [9.17, 15) is 0 Å². The van der Waals surface area contributed by atoms with E-state index >= 15 is 0 Å². The number of hydrogen-bond donors (Lipinski definition) is 0. The summed E-state index contributed by atoms with van der Waals surface area (Å²) in [5, 5.41) is 0. The van der Waals surface area contributed by atoms with E-state index in [0.29, 0.717) is 0 Å². The van der Waals surface area contributed by atoms with E-state index in [4.69, 9.17) is 0 Å². The third kappa shape index (κ3) is 2.25. The van der Waals surface area contributed by atoms with Crippen LogP contribution in [0.25, 0.3) is 0 Å². The van der Waals surface area contributed by atoms with Gasteiger partial charge in [-0.2, -0.15) is 0 Å². The van der Waals surface area contributed by atoms with Crippen LogP contribution in [0, 0.1) is 24.2 Å². The van der Waals surface area contributed by atoms with Gasteiger partial charge >= 0.3 is 0 Å². The molecule has 0 aromatic heterocycles. The molecule has 1 heterocycles. The molecule has 1 nitrogen and oxygen atoms in total. The molecule has 2 rings (SSSR count). The van der Waals surface area contributed by atoms with Crippen LogP contribution in [0.3, 0.4) is 0 Å². The minimum Gasteiger partial charge on any atom is -0.303 e. The van der Waals surface area contributed by atoms with Gasteiger partial charge in [-0.15, -0.1) is 0 Å². The maximum absolute atomic E-state index is 2.68. The maximum atomic E-state index is 2.68. The van der Waals surface area contributed by atoms with Crippen molar-refractivity contribution in [3.05, 3.63) is 6.42 Å². The average molecular weight is 180 g/mol. The van der Waals surface area contributed by atoms with Gasteiger partial charge in [0.15, 0.2) is 0 Å². The predicted molar refractivity (Wildman–Crippen MR) is 56.4 cm³/mol. The first kappa shape index (κ1) is 9.51. The molecule has 1 heteroatoms. The topological polar surface area (TPSA) is 3.24 Å². The highest BCUT2D eigenvalue weighted by atomic mass is 15.2. The number of hydrogen-bond acceptors (Lipinski definition) is 1. The summed E-state index contributed by atoms with van der Waals surface area (Å²) in [5.41, 5.74) is 0. The lowest BCUT2D eigenvalue weighted by Gasteiger charge is -2.17. The fourth-order valence-corrected chi connectivity index (χ4v) is 2.72. The minimum absolute atomic E-state index is 0.868. The number of rotatable bonds is 3. The molecular formula is C12H22N. The average Bonchev–Trinajstić information content (AvgIpc) is 2.58. The molecule has 2 aliphatic rings. The van der Waals surface area contributed by atoms with E-state index < -0.39 is 0 Å². The zero-order valence-corrected chi connectivity index (χ0v) is 9.00. The Morgan fingerprint density at radius 2 is 1.85 bits per heavy atom. The van der Waals surface area contributed by atoms with Crippen molar-refractivity contribution in [2.45, 2.75) is 33.1 Å². The molecule has 0 aromatic rings. The molecule has 1 saturated carbocycles. The zero-order valence-electron chi connectivity index (χ0n) is 9.00. The summed E-state index contributed by atoms with van der Waals surface area (Å²) < 4.78 is 0. The zero-order chi connectivity index (χ0) is 9.26. The highest BCUT2D eigenvalue weighted by Gasteiger charge is 2.35. The first-order chi connectivity index (χ1) is 6.25. The Balaban J connectivity index is 1.73. The second-order valence-electron chi connectivity index (χ2n) is 5.22. The Hall–Kier alpha value is -0.0400. The molecule has 0 aromatic carbocycles. The molecule has 75 valence electrons. The summed E-state index contributed by atoms with van der Waals surface area (Å²) in [7, 11) is 0. The first-order valence-electron chi connectivity index (χ1n) is 5.79. The highest BCUT2D eigenvalue weighted by Crippen LogP contribution is 2.37. The second-order valence-corrected chi connectivity index (χ2v) is 5.22.